The first-order valence-corrected chi connectivity index (χ1v) is 3.46. The molecule has 64 valence electrons. The highest BCUT2D eigenvalue weighted by molar-refractivity contribution is 5.88. The number of H-pyrrole nitrogens is 1. The van der Waals surface area contributed by atoms with Crippen molar-refractivity contribution in [2.75, 3.05) is 0 Å². The maximum Gasteiger partial charge on any atom is 0.341 e. The third kappa shape index (κ3) is 1.23. The normalized spacial score (nSPS) is 9.83. The standard InChI is InChI=1S/C8H9NO3/c1-4-3-9-5(2)6(7(4)10)8(11)12/h3H,1-2H3,(H,9,10)(H,11,12). The minimum Gasteiger partial charge on any atom is -0.477 e. The first-order valence-electron chi connectivity index (χ1n) is 3.46. The first-order chi connectivity index (χ1) is 5.54. The molecule has 2 N–H and O–H groups in total. The summed E-state index contributed by atoms with van der Waals surface area (Å²) in [5, 5.41) is 8.65. The molecule has 0 aliphatic heterocycles. The summed E-state index contributed by atoms with van der Waals surface area (Å²) in [6, 6.07) is 0. The summed E-state index contributed by atoms with van der Waals surface area (Å²) in [5.41, 5.74) is 0.213. The summed E-state index contributed by atoms with van der Waals surface area (Å²) in [5.74, 6) is -1.18. The molecule has 0 saturated heterocycles. The Hall–Kier alpha value is -1.58. The molecule has 0 spiro atoms. The largest absolute Gasteiger partial charge is 0.477 e. The van der Waals surface area contributed by atoms with Gasteiger partial charge in [0.25, 0.3) is 0 Å². The van der Waals surface area contributed by atoms with Crippen LogP contribution >= 0.6 is 0 Å². The van der Waals surface area contributed by atoms with Crippen molar-refractivity contribution in [1.29, 1.82) is 0 Å². The highest BCUT2D eigenvalue weighted by Crippen LogP contribution is 1.99. The lowest BCUT2D eigenvalue weighted by atomic mass is 10.1. The van der Waals surface area contributed by atoms with Crippen LogP contribution in [0.3, 0.4) is 0 Å². The second-order valence-electron chi connectivity index (χ2n) is 2.61. The lowest BCUT2D eigenvalue weighted by Crippen LogP contribution is -2.19. The van der Waals surface area contributed by atoms with Gasteiger partial charge in [-0.25, -0.2) is 4.79 Å². The van der Waals surface area contributed by atoms with Crippen LogP contribution < -0.4 is 5.43 Å². The van der Waals surface area contributed by atoms with E-state index < -0.39 is 11.4 Å². The van der Waals surface area contributed by atoms with Crippen molar-refractivity contribution >= 4 is 5.97 Å². The molecule has 1 rings (SSSR count). The number of nitrogens with one attached hydrogen (secondary N) is 1. The average Bonchev–Trinajstić information content (AvgIpc) is 1.97. The van der Waals surface area contributed by atoms with E-state index in [9.17, 15) is 9.59 Å². The van der Waals surface area contributed by atoms with Gasteiger partial charge >= 0.3 is 5.97 Å². The molecule has 0 radical (unpaired) electrons. The van der Waals surface area contributed by atoms with Gasteiger partial charge in [0, 0.05) is 17.5 Å². The summed E-state index contributed by atoms with van der Waals surface area (Å²) in [6.07, 6.45) is 1.50. The van der Waals surface area contributed by atoms with E-state index in [2.05, 4.69) is 4.98 Å². The zero-order valence-corrected chi connectivity index (χ0v) is 6.84. The third-order valence-corrected chi connectivity index (χ3v) is 1.68. The molecule has 4 nitrogen and oxygen atoms in total. The maximum atomic E-state index is 11.2. The molecule has 1 aromatic rings. The van der Waals surface area contributed by atoms with Gasteiger partial charge in [-0.05, 0) is 13.8 Å². The number of aromatic amines is 1. The molecule has 4 heteroatoms. The number of aryl methyl sites for hydroxylation is 2. The molecule has 1 heterocycles. The van der Waals surface area contributed by atoms with Crippen molar-refractivity contribution < 1.29 is 9.90 Å². The summed E-state index contributed by atoms with van der Waals surface area (Å²) < 4.78 is 0. The third-order valence-electron chi connectivity index (χ3n) is 1.68. The zero-order chi connectivity index (χ0) is 9.30. The molecular formula is C8H9NO3. The highest BCUT2D eigenvalue weighted by Gasteiger charge is 2.12. The maximum absolute atomic E-state index is 11.2. The number of rotatable bonds is 1. The molecular weight excluding hydrogens is 158 g/mol. The topological polar surface area (TPSA) is 70.2 Å². The van der Waals surface area contributed by atoms with E-state index in [0.717, 1.165) is 0 Å². The van der Waals surface area contributed by atoms with Gasteiger partial charge in [0.05, 0.1) is 0 Å². The molecule has 0 atom stereocenters. The lowest BCUT2D eigenvalue weighted by molar-refractivity contribution is 0.0694. The van der Waals surface area contributed by atoms with Crippen LogP contribution in [0.15, 0.2) is 11.0 Å². The number of carboxylic acid groups (broad SMARTS) is 1. The van der Waals surface area contributed by atoms with Gasteiger partial charge in [0.2, 0.25) is 0 Å². The number of carbonyl (C=O) groups is 1. The van der Waals surface area contributed by atoms with Crippen molar-refractivity contribution in [3.05, 3.63) is 33.2 Å². The van der Waals surface area contributed by atoms with Gasteiger partial charge in [-0.15, -0.1) is 0 Å². The molecule has 0 aliphatic carbocycles. The Bertz CT molecular complexity index is 378. The first kappa shape index (κ1) is 8.52. The van der Waals surface area contributed by atoms with Crippen LogP contribution in [-0.4, -0.2) is 16.1 Å². The minimum absolute atomic E-state index is 0.171. The van der Waals surface area contributed by atoms with Gasteiger partial charge in [-0.1, -0.05) is 0 Å². The van der Waals surface area contributed by atoms with E-state index in [-0.39, 0.29) is 5.56 Å². The molecule has 0 aliphatic rings. The van der Waals surface area contributed by atoms with Gasteiger partial charge in [-0.3, -0.25) is 4.79 Å². The Morgan fingerprint density at radius 1 is 1.50 bits per heavy atom. The number of aromatic carboxylic acids is 1. The van der Waals surface area contributed by atoms with Crippen LogP contribution in [0.4, 0.5) is 0 Å². The van der Waals surface area contributed by atoms with Crippen LogP contribution in [0.2, 0.25) is 0 Å². The monoisotopic (exact) mass is 167 g/mol. The Kier molecular flexibility index (Phi) is 1.99. The number of pyridine rings is 1. The van der Waals surface area contributed by atoms with Crippen molar-refractivity contribution in [3.8, 4) is 0 Å². The van der Waals surface area contributed by atoms with Crippen LogP contribution in [0, 0.1) is 13.8 Å². The second kappa shape index (κ2) is 2.81. The Morgan fingerprint density at radius 2 is 2.08 bits per heavy atom. The molecule has 0 aromatic carbocycles. The van der Waals surface area contributed by atoms with Gasteiger partial charge < -0.3 is 10.1 Å². The van der Waals surface area contributed by atoms with E-state index in [1.165, 1.54) is 6.20 Å². The highest BCUT2D eigenvalue weighted by atomic mass is 16.4. The number of hydrogen-bond acceptors (Lipinski definition) is 2. The van der Waals surface area contributed by atoms with Crippen LogP contribution in [0.5, 0.6) is 0 Å². The fourth-order valence-electron chi connectivity index (χ4n) is 0.979. The Balaban J connectivity index is 3.55. The SMILES string of the molecule is Cc1[nH]cc(C)c(=O)c1C(=O)O. The summed E-state index contributed by atoms with van der Waals surface area (Å²) in [4.78, 5) is 24.5. The summed E-state index contributed by atoms with van der Waals surface area (Å²) in [6.45, 7) is 3.13. The minimum atomic E-state index is -1.18. The van der Waals surface area contributed by atoms with Crippen molar-refractivity contribution in [2.45, 2.75) is 13.8 Å². The van der Waals surface area contributed by atoms with Crippen LogP contribution in [-0.2, 0) is 0 Å². The van der Waals surface area contributed by atoms with Crippen LogP contribution in [0.1, 0.15) is 21.6 Å². The second-order valence-corrected chi connectivity index (χ2v) is 2.61. The zero-order valence-electron chi connectivity index (χ0n) is 6.84. The number of aromatic nitrogens is 1. The van der Waals surface area contributed by atoms with Crippen molar-refractivity contribution in [1.82, 2.24) is 4.98 Å². The lowest BCUT2D eigenvalue weighted by Gasteiger charge is -2.00. The molecule has 0 unspecified atom stereocenters. The predicted octanol–water partition coefficient (Wildman–Crippen LogP) is 0.690. The number of carboxylic acids is 1. The summed E-state index contributed by atoms with van der Waals surface area (Å²) in [7, 11) is 0. The van der Waals surface area contributed by atoms with Gasteiger partial charge in [-0.2, -0.15) is 0 Å². The molecule has 0 fully saturated rings. The quantitative estimate of drug-likeness (QED) is 0.646. The van der Waals surface area contributed by atoms with E-state index >= 15 is 0 Å². The van der Waals surface area contributed by atoms with Crippen molar-refractivity contribution in [3.63, 3.8) is 0 Å². The summed E-state index contributed by atoms with van der Waals surface area (Å²) >= 11 is 0. The molecule has 0 saturated carbocycles. The Morgan fingerprint density at radius 3 is 2.50 bits per heavy atom. The molecule has 0 bridgehead atoms. The molecule has 12 heavy (non-hydrogen) atoms. The van der Waals surface area contributed by atoms with Crippen molar-refractivity contribution in [2.24, 2.45) is 0 Å². The van der Waals surface area contributed by atoms with Crippen LogP contribution in [0.25, 0.3) is 0 Å². The van der Waals surface area contributed by atoms with E-state index in [1.54, 1.807) is 13.8 Å². The smallest absolute Gasteiger partial charge is 0.341 e. The van der Waals surface area contributed by atoms with Gasteiger partial charge in [0.15, 0.2) is 5.43 Å². The fraction of sp³-hybridized carbons (Fsp3) is 0.250. The molecule has 0 amide bonds. The Labute approximate surface area is 68.9 Å². The number of hydrogen-bond donors (Lipinski definition) is 2. The van der Waals surface area contributed by atoms with E-state index in [0.29, 0.717) is 11.3 Å². The van der Waals surface area contributed by atoms with E-state index in [4.69, 9.17) is 5.11 Å². The average molecular weight is 167 g/mol. The fourth-order valence-corrected chi connectivity index (χ4v) is 0.979. The molecule has 1 aromatic heterocycles. The van der Waals surface area contributed by atoms with Gasteiger partial charge in [0.1, 0.15) is 5.56 Å². The predicted molar refractivity (Wildman–Crippen MR) is 43.5 cm³/mol. The van der Waals surface area contributed by atoms with E-state index in [1.807, 2.05) is 0 Å².